The second kappa shape index (κ2) is 7.57. The average Bonchev–Trinajstić information content (AvgIpc) is 2.74. The number of fused-ring (bicyclic) bond motifs is 1. The summed E-state index contributed by atoms with van der Waals surface area (Å²) in [6.07, 6.45) is 2.16. The number of rotatable bonds is 5. The van der Waals surface area contributed by atoms with Gasteiger partial charge < -0.3 is 15.5 Å². The van der Waals surface area contributed by atoms with Crippen molar-refractivity contribution >= 4 is 38.5 Å². The second-order valence-corrected chi connectivity index (χ2v) is 8.37. The Bertz CT molecular complexity index is 1110. The van der Waals surface area contributed by atoms with Gasteiger partial charge in [0, 0.05) is 37.8 Å². The third kappa shape index (κ3) is 3.21. The van der Waals surface area contributed by atoms with Gasteiger partial charge in [0.1, 0.15) is 4.90 Å². The van der Waals surface area contributed by atoms with Crippen LogP contribution >= 0.6 is 0 Å². The van der Waals surface area contributed by atoms with Crippen molar-refractivity contribution in [2.45, 2.75) is 9.79 Å². The second-order valence-electron chi connectivity index (χ2n) is 6.49. The maximum atomic E-state index is 13.4. The Hall–Kier alpha value is -2.97. The number of nitrogens with zero attached hydrogens (tertiary/aromatic N) is 2. The molecular formula is C20H20N4O3S. The molecule has 7 nitrogen and oxygen atoms in total. The summed E-state index contributed by atoms with van der Waals surface area (Å²) in [4.78, 5) is 18.1. The summed E-state index contributed by atoms with van der Waals surface area (Å²) in [5, 5.41) is 6.39. The fourth-order valence-electron chi connectivity index (χ4n) is 3.53. The maximum absolute atomic E-state index is 13.4. The van der Waals surface area contributed by atoms with Crippen LogP contribution in [0.5, 0.6) is 0 Å². The summed E-state index contributed by atoms with van der Waals surface area (Å²) < 4.78 is 26.8. The van der Waals surface area contributed by atoms with Gasteiger partial charge in [-0.25, -0.2) is 8.42 Å². The average molecular weight is 396 g/mol. The van der Waals surface area contributed by atoms with Crippen LogP contribution in [0.2, 0.25) is 0 Å². The molecule has 0 atom stereocenters. The van der Waals surface area contributed by atoms with Crippen molar-refractivity contribution in [3.05, 3.63) is 54.7 Å². The Labute approximate surface area is 163 Å². The predicted octanol–water partition coefficient (Wildman–Crippen LogP) is 2.05. The smallest absolute Gasteiger partial charge is 0.211 e. The summed E-state index contributed by atoms with van der Waals surface area (Å²) >= 11 is 0. The lowest BCUT2D eigenvalue weighted by Crippen LogP contribution is -2.43. The molecule has 0 unspecified atom stereocenters. The molecule has 2 heterocycles. The first-order valence-corrected chi connectivity index (χ1v) is 10.5. The molecule has 1 aromatic heterocycles. The van der Waals surface area contributed by atoms with E-state index < -0.39 is 9.84 Å². The predicted molar refractivity (Wildman–Crippen MR) is 108 cm³/mol. The zero-order chi connectivity index (χ0) is 19.6. The molecule has 2 N–H and O–H groups in total. The Balaban J connectivity index is 2.01. The number of piperazine rings is 1. The number of carbonyl (C=O) groups excluding carboxylic acids is 1. The molecule has 28 heavy (non-hydrogen) atoms. The van der Waals surface area contributed by atoms with E-state index in [1.165, 1.54) is 0 Å². The lowest BCUT2D eigenvalue weighted by Gasteiger charge is -2.31. The van der Waals surface area contributed by atoms with Crippen LogP contribution < -0.4 is 15.5 Å². The minimum absolute atomic E-state index is 0.0628. The summed E-state index contributed by atoms with van der Waals surface area (Å²) in [5.41, 5.74) is 1.68. The van der Waals surface area contributed by atoms with Crippen LogP contribution in [0.3, 0.4) is 0 Å². The molecule has 1 aliphatic rings. The molecule has 144 valence electrons. The van der Waals surface area contributed by atoms with E-state index in [0.717, 1.165) is 31.9 Å². The maximum Gasteiger partial charge on any atom is 0.211 e. The quantitative estimate of drug-likeness (QED) is 0.642. The fourth-order valence-corrected chi connectivity index (χ4v) is 5.15. The minimum atomic E-state index is -3.86. The highest BCUT2D eigenvalue weighted by atomic mass is 32.2. The Morgan fingerprint density at radius 2 is 1.82 bits per heavy atom. The van der Waals surface area contributed by atoms with E-state index in [1.807, 2.05) is 0 Å². The normalized spacial score (nSPS) is 14.8. The molecule has 0 spiro atoms. The van der Waals surface area contributed by atoms with Gasteiger partial charge >= 0.3 is 0 Å². The van der Waals surface area contributed by atoms with E-state index in [-0.39, 0.29) is 15.5 Å². The Morgan fingerprint density at radius 1 is 1.07 bits per heavy atom. The Morgan fingerprint density at radius 3 is 2.54 bits per heavy atom. The fraction of sp³-hybridized carbons (Fsp3) is 0.200. The first kappa shape index (κ1) is 18.4. The van der Waals surface area contributed by atoms with Crippen LogP contribution in [0.4, 0.5) is 11.4 Å². The molecule has 1 aliphatic heterocycles. The standard InChI is InChI=1S/C20H20N4O3S/c25-14-23-17-13-18(24-11-9-21-10-12-24)19-16(7-4-8-22-19)20(17)28(26,27)15-5-2-1-3-6-15/h1-8,13-14,21H,9-12H2,(H,23,25). The number of aromatic nitrogens is 1. The SMILES string of the molecule is O=CNc1cc(N2CCNCC2)c2ncccc2c1S(=O)(=O)c1ccccc1. The van der Waals surface area contributed by atoms with E-state index in [4.69, 9.17) is 0 Å². The molecule has 0 aliphatic carbocycles. The number of pyridine rings is 1. The molecule has 1 amide bonds. The van der Waals surface area contributed by atoms with Crippen molar-refractivity contribution in [1.82, 2.24) is 10.3 Å². The molecule has 8 heteroatoms. The summed E-state index contributed by atoms with van der Waals surface area (Å²) in [7, 11) is -3.86. The van der Waals surface area contributed by atoms with Crippen molar-refractivity contribution in [2.75, 3.05) is 36.4 Å². The van der Waals surface area contributed by atoms with Gasteiger partial charge in [-0.05, 0) is 30.3 Å². The van der Waals surface area contributed by atoms with Crippen LogP contribution in [-0.4, -0.2) is 46.0 Å². The van der Waals surface area contributed by atoms with Gasteiger partial charge in [-0.3, -0.25) is 9.78 Å². The molecular weight excluding hydrogens is 376 g/mol. The van der Waals surface area contributed by atoms with Crippen molar-refractivity contribution < 1.29 is 13.2 Å². The highest BCUT2D eigenvalue weighted by molar-refractivity contribution is 7.92. The number of carbonyl (C=O) groups is 1. The van der Waals surface area contributed by atoms with Crippen molar-refractivity contribution in [3.63, 3.8) is 0 Å². The zero-order valence-corrected chi connectivity index (χ0v) is 15.9. The van der Waals surface area contributed by atoms with Gasteiger partial charge in [0.25, 0.3) is 0 Å². The van der Waals surface area contributed by atoms with E-state index in [0.29, 0.717) is 17.3 Å². The molecule has 1 saturated heterocycles. The minimum Gasteiger partial charge on any atom is -0.367 e. The highest BCUT2D eigenvalue weighted by Gasteiger charge is 2.27. The van der Waals surface area contributed by atoms with Gasteiger partial charge in [-0.2, -0.15) is 0 Å². The first-order chi connectivity index (χ1) is 13.6. The number of hydrogen-bond acceptors (Lipinski definition) is 6. The van der Waals surface area contributed by atoms with Gasteiger partial charge in [0.05, 0.1) is 21.8 Å². The lowest BCUT2D eigenvalue weighted by molar-refractivity contribution is -0.105. The summed E-state index contributed by atoms with van der Waals surface area (Å²) in [6, 6.07) is 13.4. The Kier molecular flexibility index (Phi) is 4.97. The monoisotopic (exact) mass is 396 g/mol. The number of anilines is 2. The van der Waals surface area contributed by atoms with Crippen LogP contribution in [0.25, 0.3) is 10.9 Å². The molecule has 3 aromatic rings. The number of amides is 1. The molecule has 0 saturated carbocycles. The van der Waals surface area contributed by atoms with E-state index in [1.54, 1.807) is 54.7 Å². The van der Waals surface area contributed by atoms with Crippen molar-refractivity contribution in [1.29, 1.82) is 0 Å². The van der Waals surface area contributed by atoms with Gasteiger partial charge in [-0.15, -0.1) is 0 Å². The molecule has 0 bridgehead atoms. The largest absolute Gasteiger partial charge is 0.367 e. The molecule has 0 radical (unpaired) electrons. The molecule has 2 aromatic carbocycles. The van der Waals surface area contributed by atoms with E-state index in [2.05, 4.69) is 20.5 Å². The van der Waals surface area contributed by atoms with E-state index in [9.17, 15) is 13.2 Å². The summed E-state index contributed by atoms with van der Waals surface area (Å²) in [6.45, 7) is 3.21. The van der Waals surface area contributed by atoms with Crippen LogP contribution in [0.1, 0.15) is 0 Å². The zero-order valence-electron chi connectivity index (χ0n) is 15.1. The number of benzene rings is 2. The van der Waals surface area contributed by atoms with Crippen molar-refractivity contribution in [2.24, 2.45) is 0 Å². The van der Waals surface area contributed by atoms with Crippen molar-refractivity contribution in [3.8, 4) is 0 Å². The van der Waals surface area contributed by atoms with Crippen LogP contribution in [0.15, 0.2) is 64.5 Å². The van der Waals surface area contributed by atoms with E-state index >= 15 is 0 Å². The first-order valence-electron chi connectivity index (χ1n) is 9.00. The number of sulfone groups is 1. The lowest BCUT2D eigenvalue weighted by atomic mass is 10.1. The van der Waals surface area contributed by atoms with Gasteiger partial charge in [0.15, 0.2) is 0 Å². The van der Waals surface area contributed by atoms with Crippen LogP contribution in [-0.2, 0) is 14.6 Å². The third-order valence-corrected chi connectivity index (χ3v) is 6.69. The topological polar surface area (TPSA) is 91.4 Å². The molecule has 1 fully saturated rings. The highest BCUT2D eigenvalue weighted by Crippen LogP contribution is 2.39. The number of nitrogens with one attached hydrogen (secondary N) is 2. The molecule has 4 rings (SSSR count). The van der Waals surface area contributed by atoms with Gasteiger partial charge in [0.2, 0.25) is 16.2 Å². The summed E-state index contributed by atoms with van der Waals surface area (Å²) in [5.74, 6) is 0. The third-order valence-electron chi connectivity index (χ3n) is 4.81. The van der Waals surface area contributed by atoms with Crippen LogP contribution in [0, 0.1) is 0 Å². The van der Waals surface area contributed by atoms with Gasteiger partial charge in [-0.1, -0.05) is 18.2 Å². The number of hydrogen-bond donors (Lipinski definition) is 2.